The highest BCUT2D eigenvalue weighted by Gasteiger charge is 2.22. The van der Waals surface area contributed by atoms with Crippen LogP contribution in [-0.4, -0.2) is 24.5 Å². The summed E-state index contributed by atoms with van der Waals surface area (Å²) in [6.07, 6.45) is 1.60. The standard InChI is InChI=1S/C21H21N3O5/c1-14-11-17(24(26)27)19(28-2)12-16(14)23-20(25)13-22-21(18-9-6-10-29-18)15-7-4-3-5-8-15/h3-12,21-22H,13H2,1-2H3,(H,23,25)/p+1/t21-/m0/s1. The third-order valence-corrected chi connectivity index (χ3v) is 4.54. The fourth-order valence-corrected chi connectivity index (χ4v) is 3.08. The highest BCUT2D eigenvalue weighted by Crippen LogP contribution is 2.32. The molecule has 0 fully saturated rings. The van der Waals surface area contributed by atoms with Gasteiger partial charge in [-0.25, -0.2) is 0 Å². The van der Waals surface area contributed by atoms with Gasteiger partial charge in [0.1, 0.15) is 0 Å². The lowest BCUT2D eigenvalue weighted by Gasteiger charge is -2.15. The molecule has 0 aliphatic heterocycles. The van der Waals surface area contributed by atoms with E-state index in [4.69, 9.17) is 9.15 Å². The first-order chi connectivity index (χ1) is 14.0. The second-order valence-electron chi connectivity index (χ2n) is 6.49. The number of nitro groups is 1. The highest BCUT2D eigenvalue weighted by molar-refractivity contribution is 5.92. The number of benzene rings is 2. The van der Waals surface area contributed by atoms with Crippen molar-refractivity contribution >= 4 is 17.3 Å². The first kappa shape index (κ1) is 20.1. The molecule has 0 saturated carbocycles. The number of hydrogen-bond donors (Lipinski definition) is 2. The summed E-state index contributed by atoms with van der Waals surface area (Å²) in [6.45, 7) is 1.83. The lowest BCUT2D eigenvalue weighted by Crippen LogP contribution is -2.87. The number of carbonyl (C=O) groups is 1. The number of rotatable bonds is 8. The fourth-order valence-electron chi connectivity index (χ4n) is 3.08. The van der Waals surface area contributed by atoms with Gasteiger partial charge in [0.15, 0.2) is 24.1 Å². The van der Waals surface area contributed by atoms with E-state index in [0.717, 1.165) is 11.3 Å². The predicted molar refractivity (Wildman–Crippen MR) is 107 cm³/mol. The van der Waals surface area contributed by atoms with Crippen molar-refractivity contribution in [2.75, 3.05) is 19.0 Å². The van der Waals surface area contributed by atoms with Crippen molar-refractivity contribution in [1.82, 2.24) is 0 Å². The Morgan fingerprint density at radius 3 is 2.62 bits per heavy atom. The van der Waals surface area contributed by atoms with Gasteiger partial charge in [0.05, 0.1) is 18.3 Å². The molecule has 1 atom stereocenters. The largest absolute Gasteiger partial charge is 0.490 e. The van der Waals surface area contributed by atoms with E-state index in [-0.39, 0.29) is 29.9 Å². The van der Waals surface area contributed by atoms with Gasteiger partial charge in [-0.3, -0.25) is 14.9 Å². The van der Waals surface area contributed by atoms with E-state index in [1.165, 1.54) is 19.2 Å². The molecule has 0 aliphatic carbocycles. The predicted octanol–water partition coefficient (Wildman–Crippen LogP) is 2.80. The Hall–Kier alpha value is -3.65. The van der Waals surface area contributed by atoms with Crippen LogP contribution in [0.2, 0.25) is 0 Å². The number of ether oxygens (including phenoxy) is 1. The Bertz CT molecular complexity index is 987. The highest BCUT2D eigenvalue weighted by atomic mass is 16.6. The molecule has 3 rings (SSSR count). The second kappa shape index (κ2) is 9.03. The molecule has 0 spiro atoms. The average Bonchev–Trinajstić information content (AvgIpc) is 3.24. The third kappa shape index (κ3) is 4.80. The summed E-state index contributed by atoms with van der Waals surface area (Å²) in [5.74, 6) is 0.603. The van der Waals surface area contributed by atoms with E-state index >= 15 is 0 Å². The number of nitro benzene ring substituents is 1. The van der Waals surface area contributed by atoms with Gasteiger partial charge in [0.2, 0.25) is 0 Å². The van der Waals surface area contributed by atoms with Crippen LogP contribution >= 0.6 is 0 Å². The van der Waals surface area contributed by atoms with Gasteiger partial charge in [0.25, 0.3) is 5.91 Å². The smallest absolute Gasteiger partial charge is 0.311 e. The van der Waals surface area contributed by atoms with Crippen molar-refractivity contribution in [2.24, 2.45) is 0 Å². The van der Waals surface area contributed by atoms with E-state index in [9.17, 15) is 14.9 Å². The molecule has 3 N–H and O–H groups in total. The minimum Gasteiger partial charge on any atom is -0.490 e. The number of anilines is 1. The molecule has 0 unspecified atom stereocenters. The molecule has 0 radical (unpaired) electrons. The molecule has 29 heavy (non-hydrogen) atoms. The number of nitrogens with zero attached hydrogens (tertiary/aromatic N) is 1. The van der Waals surface area contributed by atoms with Crippen molar-refractivity contribution in [2.45, 2.75) is 13.0 Å². The monoisotopic (exact) mass is 396 g/mol. The average molecular weight is 396 g/mol. The van der Waals surface area contributed by atoms with Crippen molar-refractivity contribution in [3.05, 3.63) is 87.9 Å². The molecule has 1 aromatic heterocycles. The zero-order valence-electron chi connectivity index (χ0n) is 16.1. The zero-order valence-corrected chi connectivity index (χ0v) is 16.1. The quantitative estimate of drug-likeness (QED) is 0.449. The summed E-state index contributed by atoms with van der Waals surface area (Å²) < 4.78 is 10.6. The van der Waals surface area contributed by atoms with Crippen LogP contribution < -0.4 is 15.4 Å². The van der Waals surface area contributed by atoms with Crippen LogP contribution in [0.15, 0.2) is 65.3 Å². The Kier molecular flexibility index (Phi) is 6.25. The summed E-state index contributed by atoms with van der Waals surface area (Å²) in [7, 11) is 1.35. The zero-order chi connectivity index (χ0) is 20.8. The number of aryl methyl sites for hydroxylation is 1. The summed E-state index contributed by atoms with van der Waals surface area (Å²) in [6, 6.07) is 16.1. The maximum Gasteiger partial charge on any atom is 0.311 e. The summed E-state index contributed by atoms with van der Waals surface area (Å²) in [5, 5.41) is 15.8. The van der Waals surface area contributed by atoms with Crippen LogP contribution in [0.1, 0.15) is 22.9 Å². The molecule has 0 saturated heterocycles. The van der Waals surface area contributed by atoms with Crippen LogP contribution in [0.25, 0.3) is 0 Å². The molecule has 0 bridgehead atoms. The van der Waals surface area contributed by atoms with Crippen molar-refractivity contribution in [3.8, 4) is 5.75 Å². The van der Waals surface area contributed by atoms with Gasteiger partial charge in [-0.05, 0) is 24.6 Å². The van der Waals surface area contributed by atoms with Gasteiger partial charge in [-0.15, -0.1) is 0 Å². The Labute approximate surface area is 167 Å². The molecular weight excluding hydrogens is 374 g/mol. The van der Waals surface area contributed by atoms with Crippen LogP contribution in [0.3, 0.4) is 0 Å². The Balaban J connectivity index is 1.72. The van der Waals surface area contributed by atoms with Gasteiger partial charge >= 0.3 is 5.69 Å². The maximum absolute atomic E-state index is 12.5. The van der Waals surface area contributed by atoms with Gasteiger partial charge < -0.3 is 19.8 Å². The summed E-state index contributed by atoms with van der Waals surface area (Å²) in [5.41, 5.74) is 1.93. The van der Waals surface area contributed by atoms with Gasteiger partial charge in [0, 0.05) is 23.4 Å². The summed E-state index contributed by atoms with van der Waals surface area (Å²) >= 11 is 0. The number of hydrogen-bond acceptors (Lipinski definition) is 5. The van der Waals surface area contributed by atoms with Crippen LogP contribution in [0, 0.1) is 17.0 Å². The Morgan fingerprint density at radius 2 is 2.00 bits per heavy atom. The normalized spacial score (nSPS) is 11.7. The number of carbonyl (C=O) groups excluding carboxylic acids is 1. The maximum atomic E-state index is 12.5. The van der Waals surface area contributed by atoms with Crippen molar-refractivity contribution in [1.29, 1.82) is 0 Å². The lowest BCUT2D eigenvalue weighted by molar-refractivity contribution is -0.678. The van der Waals surface area contributed by atoms with Gasteiger partial charge in [-0.2, -0.15) is 0 Å². The number of furan rings is 1. The molecule has 2 aromatic carbocycles. The van der Waals surface area contributed by atoms with E-state index < -0.39 is 4.92 Å². The SMILES string of the molecule is COc1cc(NC(=O)C[NH2+][C@@H](c2ccccc2)c2ccco2)c(C)cc1[N+](=O)[O-]. The fraction of sp³-hybridized carbons (Fsp3) is 0.190. The molecule has 1 amide bonds. The molecule has 8 nitrogen and oxygen atoms in total. The van der Waals surface area contributed by atoms with Crippen LogP contribution in [0.5, 0.6) is 5.75 Å². The van der Waals surface area contributed by atoms with E-state index in [0.29, 0.717) is 11.3 Å². The van der Waals surface area contributed by atoms with E-state index in [1.807, 2.05) is 47.8 Å². The molecule has 3 aromatic rings. The Morgan fingerprint density at radius 1 is 1.24 bits per heavy atom. The summed E-state index contributed by atoms with van der Waals surface area (Å²) in [4.78, 5) is 23.1. The topological polar surface area (TPSA) is 111 Å². The van der Waals surface area contributed by atoms with Gasteiger partial charge in [-0.1, -0.05) is 30.3 Å². The molecule has 8 heteroatoms. The number of amides is 1. The minimum atomic E-state index is -0.515. The first-order valence-electron chi connectivity index (χ1n) is 9.04. The first-order valence-corrected chi connectivity index (χ1v) is 9.04. The molecule has 150 valence electrons. The van der Waals surface area contributed by atoms with Crippen molar-refractivity contribution in [3.63, 3.8) is 0 Å². The van der Waals surface area contributed by atoms with Crippen LogP contribution in [0.4, 0.5) is 11.4 Å². The lowest BCUT2D eigenvalue weighted by atomic mass is 10.0. The van der Waals surface area contributed by atoms with Crippen molar-refractivity contribution < 1.29 is 24.2 Å². The van der Waals surface area contributed by atoms with E-state index in [1.54, 1.807) is 13.2 Å². The molecular formula is C21H22N3O5+. The third-order valence-electron chi connectivity index (χ3n) is 4.54. The number of nitrogens with two attached hydrogens (primary N) is 1. The second-order valence-corrected chi connectivity index (χ2v) is 6.49. The molecule has 1 heterocycles. The van der Waals surface area contributed by atoms with E-state index in [2.05, 4.69) is 5.32 Å². The number of methoxy groups -OCH3 is 1. The molecule has 0 aliphatic rings. The number of quaternary nitrogens is 1. The number of nitrogens with one attached hydrogen (secondary N) is 1. The minimum absolute atomic E-state index is 0.0950. The van der Waals surface area contributed by atoms with Crippen LogP contribution in [-0.2, 0) is 4.79 Å².